The van der Waals surface area contributed by atoms with Crippen LogP contribution in [-0.2, 0) is 76.1 Å². The van der Waals surface area contributed by atoms with Crippen molar-refractivity contribution in [3.05, 3.63) is 12.2 Å². The zero-order valence-electron chi connectivity index (χ0n) is 36.8. The normalized spacial score (nSPS) is 13.1. The number of nitrogens with zero attached hydrogens (tertiary/aromatic N) is 1. The summed E-state index contributed by atoms with van der Waals surface area (Å²) < 4.78 is 53.5. The molecule has 1 aliphatic rings. The number of imide groups is 1. The highest BCUT2D eigenvalue weighted by Crippen LogP contribution is 2.10. The molecule has 0 radical (unpaired) electrons. The molecule has 0 aromatic rings. The van der Waals surface area contributed by atoms with E-state index in [4.69, 9.17) is 47.4 Å². The van der Waals surface area contributed by atoms with Gasteiger partial charge in [-0.25, -0.2) is 0 Å². The lowest BCUT2D eigenvalue weighted by molar-refractivity contribution is -0.155. The molecule has 0 unspecified atom stereocenters. The first kappa shape index (κ1) is 55.4. The third-order valence-electron chi connectivity index (χ3n) is 8.13. The van der Waals surface area contributed by atoms with E-state index in [1.807, 2.05) is 0 Å². The van der Waals surface area contributed by atoms with Gasteiger partial charge in [0.15, 0.2) is 0 Å². The summed E-state index contributed by atoms with van der Waals surface area (Å²) in [4.78, 5) is 74.5. The van der Waals surface area contributed by atoms with Crippen molar-refractivity contribution in [2.45, 2.75) is 77.4 Å². The van der Waals surface area contributed by atoms with Crippen molar-refractivity contribution in [3.63, 3.8) is 0 Å². The summed E-state index contributed by atoms with van der Waals surface area (Å²) in [6.07, 6.45) is 4.44. The fourth-order valence-electron chi connectivity index (χ4n) is 5.14. The molecule has 1 heterocycles. The van der Waals surface area contributed by atoms with Gasteiger partial charge in [0.1, 0.15) is 18.2 Å². The summed E-state index contributed by atoms with van der Waals surface area (Å²) in [5.74, 6) is -2.32. The van der Waals surface area contributed by atoms with Crippen LogP contribution in [0.5, 0.6) is 0 Å². The van der Waals surface area contributed by atoms with Gasteiger partial charge in [0.05, 0.1) is 106 Å². The number of rotatable bonds is 41. The first-order chi connectivity index (χ1) is 29.4. The Morgan fingerprint density at radius 1 is 0.574 bits per heavy atom. The van der Waals surface area contributed by atoms with E-state index in [0.717, 1.165) is 4.90 Å². The highest BCUT2D eigenvalue weighted by Gasteiger charge is 2.24. The van der Waals surface area contributed by atoms with Crippen molar-refractivity contribution in [3.8, 4) is 0 Å². The first-order valence-corrected chi connectivity index (χ1v) is 21.1. The van der Waals surface area contributed by atoms with Gasteiger partial charge in [-0.3, -0.25) is 33.7 Å². The van der Waals surface area contributed by atoms with Crippen LogP contribution in [-0.4, -0.2) is 191 Å². The molecule has 0 saturated carbocycles. The Hall–Kier alpha value is -3.60. The van der Waals surface area contributed by atoms with E-state index in [1.54, 1.807) is 27.9 Å². The Kier molecular flexibility index (Phi) is 33.6. The van der Waals surface area contributed by atoms with E-state index in [1.165, 1.54) is 12.2 Å². The molecule has 20 heteroatoms. The summed E-state index contributed by atoms with van der Waals surface area (Å²) in [6.45, 7) is 13.0. The van der Waals surface area contributed by atoms with Crippen molar-refractivity contribution >= 4 is 35.5 Å². The van der Waals surface area contributed by atoms with Gasteiger partial charge in [0.2, 0.25) is 17.7 Å². The van der Waals surface area contributed by atoms with E-state index in [2.05, 4.69) is 16.0 Å². The SMILES string of the molecule is COCCOCCOCCOCCOCCOCCOCCOCCOCC(=O)NCCCC[C@H](NC(=O)CCCN1C(=O)C=CC1=O)C(=O)NCCCC(=O)OC(C)(C)C. The van der Waals surface area contributed by atoms with Crippen molar-refractivity contribution in [2.75, 3.05) is 139 Å². The van der Waals surface area contributed by atoms with Gasteiger partial charge in [-0.05, 0) is 52.9 Å². The zero-order valence-corrected chi connectivity index (χ0v) is 36.8. The second-order valence-corrected chi connectivity index (χ2v) is 14.5. The summed E-state index contributed by atoms with van der Waals surface area (Å²) in [5, 5.41) is 8.27. The molecule has 20 nitrogen and oxygen atoms in total. The summed E-state index contributed by atoms with van der Waals surface area (Å²) in [6, 6.07) is -0.855. The number of unbranched alkanes of at least 4 members (excludes halogenated alkanes) is 1. The Labute approximate surface area is 360 Å². The second kappa shape index (κ2) is 37.0. The number of amides is 5. The number of hydrogen-bond acceptors (Lipinski definition) is 16. The molecule has 0 saturated heterocycles. The Balaban J connectivity index is 2.08. The molecule has 61 heavy (non-hydrogen) atoms. The number of carbonyl (C=O) groups excluding carboxylic acids is 6. The molecule has 352 valence electrons. The fraction of sp³-hybridized carbons (Fsp3) is 0.805. The average molecular weight is 877 g/mol. The topological polar surface area (TPSA) is 234 Å². The molecule has 0 aromatic heterocycles. The molecule has 0 aromatic carbocycles. The molecule has 1 atom stereocenters. The van der Waals surface area contributed by atoms with Crippen molar-refractivity contribution < 1.29 is 76.1 Å². The summed E-state index contributed by atoms with van der Waals surface area (Å²) in [5.41, 5.74) is -0.605. The maximum absolute atomic E-state index is 13.0. The Morgan fingerprint density at radius 3 is 1.51 bits per heavy atom. The maximum atomic E-state index is 13.0. The molecule has 0 aliphatic carbocycles. The molecule has 0 spiro atoms. The van der Waals surface area contributed by atoms with Crippen molar-refractivity contribution in [1.29, 1.82) is 0 Å². The van der Waals surface area contributed by atoms with Crippen LogP contribution in [0.1, 0.15) is 65.7 Å². The van der Waals surface area contributed by atoms with E-state index in [9.17, 15) is 28.8 Å². The predicted octanol–water partition coefficient (Wildman–Crippen LogP) is 0.480. The van der Waals surface area contributed by atoms with Crippen LogP contribution < -0.4 is 16.0 Å². The monoisotopic (exact) mass is 876 g/mol. The lowest BCUT2D eigenvalue weighted by atomic mass is 10.1. The van der Waals surface area contributed by atoms with Gasteiger partial charge in [-0.2, -0.15) is 0 Å². The minimum absolute atomic E-state index is 0.00546. The van der Waals surface area contributed by atoms with Crippen molar-refractivity contribution in [1.82, 2.24) is 20.9 Å². The molecule has 5 amide bonds. The minimum atomic E-state index is -0.855. The van der Waals surface area contributed by atoms with Gasteiger partial charge in [-0.15, -0.1) is 0 Å². The van der Waals surface area contributed by atoms with Gasteiger partial charge in [0, 0.05) is 51.7 Å². The lowest BCUT2D eigenvalue weighted by Crippen LogP contribution is -2.47. The average Bonchev–Trinajstić information content (AvgIpc) is 3.53. The number of carbonyl (C=O) groups is 6. The third-order valence-corrected chi connectivity index (χ3v) is 8.13. The van der Waals surface area contributed by atoms with Crippen LogP contribution in [0.2, 0.25) is 0 Å². The van der Waals surface area contributed by atoms with Crippen LogP contribution in [0.3, 0.4) is 0 Å². The number of nitrogens with one attached hydrogen (secondary N) is 3. The largest absolute Gasteiger partial charge is 0.460 e. The molecule has 1 rings (SSSR count). The first-order valence-electron chi connectivity index (χ1n) is 21.1. The van der Waals surface area contributed by atoms with E-state index >= 15 is 0 Å². The number of esters is 1. The minimum Gasteiger partial charge on any atom is -0.460 e. The Bertz CT molecular complexity index is 1230. The van der Waals surface area contributed by atoms with Crippen LogP contribution in [0, 0.1) is 0 Å². The second-order valence-electron chi connectivity index (χ2n) is 14.5. The maximum Gasteiger partial charge on any atom is 0.306 e. The number of methoxy groups -OCH3 is 1. The van der Waals surface area contributed by atoms with Crippen molar-refractivity contribution in [2.24, 2.45) is 0 Å². The lowest BCUT2D eigenvalue weighted by Gasteiger charge is -2.20. The summed E-state index contributed by atoms with van der Waals surface area (Å²) in [7, 11) is 1.63. The van der Waals surface area contributed by atoms with Crippen LogP contribution in [0.15, 0.2) is 12.2 Å². The predicted molar refractivity (Wildman–Crippen MR) is 220 cm³/mol. The Morgan fingerprint density at radius 2 is 1.03 bits per heavy atom. The van der Waals surface area contributed by atoms with Crippen LogP contribution in [0.25, 0.3) is 0 Å². The fourth-order valence-corrected chi connectivity index (χ4v) is 5.14. The number of ether oxygens (including phenoxy) is 10. The molecule has 3 N–H and O–H groups in total. The third kappa shape index (κ3) is 33.7. The molecular weight excluding hydrogens is 804 g/mol. The van der Waals surface area contributed by atoms with Crippen LogP contribution in [0.4, 0.5) is 0 Å². The highest BCUT2D eigenvalue weighted by molar-refractivity contribution is 6.12. The smallest absolute Gasteiger partial charge is 0.306 e. The molecule has 0 bridgehead atoms. The van der Waals surface area contributed by atoms with E-state index in [0.29, 0.717) is 131 Å². The standard InChI is InChI=1S/C41H72N4O16/c1-41(2,3)61-39(50)11-7-15-43-40(51)34(44-35(46)10-8-16-45-37(48)12-13-38(45)49)9-5-6-14-42-36(47)33-60-32-31-59-30-29-58-28-27-57-26-25-56-24-23-55-22-21-54-20-19-53-18-17-52-4/h12-13,34H,5-11,14-33H2,1-4H3,(H,42,47)(H,43,51)(H,44,46)/t34-/m0/s1. The molecule has 0 fully saturated rings. The highest BCUT2D eigenvalue weighted by atomic mass is 16.6. The molecular formula is C41H72N4O16. The van der Waals surface area contributed by atoms with Gasteiger partial charge in [-0.1, -0.05) is 0 Å². The van der Waals surface area contributed by atoms with Gasteiger partial charge in [0.25, 0.3) is 11.8 Å². The molecule has 1 aliphatic heterocycles. The summed E-state index contributed by atoms with van der Waals surface area (Å²) >= 11 is 0. The van der Waals surface area contributed by atoms with E-state index in [-0.39, 0.29) is 57.4 Å². The van der Waals surface area contributed by atoms with E-state index < -0.39 is 35.3 Å². The quantitative estimate of drug-likeness (QED) is 0.0431. The number of hydrogen-bond donors (Lipinski definition) is 3. The van der Waals surface area contributed by atoms with Gasteiger partial charge < -0.3 is 63.3 Å². The van der Waals surface area contributed by atoms with Gasteiger partial charge >= 0.3 is 5.97 Å². The van der Waals surface area contributed by atoms with Crippen LogP contribution >= 0.6 is 0 Å². The zero-order chi connectivity index (χ0) is 44.8.